The van der Waals surface area contributed by atoms with Crippen LogP contribution in [0.2, 0.25) is 5.02 Å². The quantitative estimate of drug-likeness (QED) is 0.583. The third kappa shape index (κ3) is 5.93. The number of halogens is 1. The summed E-state index contributed by atoms with van der Waals surface area (Å²) in [4.78, 5) is 25.2. The van der Waals surface area contributed by atoms with Crippen molar-refractivity contribution in [2.45, 2.75) is 6.54 Å². The van der Waals surface area contributed by atoms with Crippen molar-refractivity contribution in [3.8, 4) is 5.69 Å². The molecule has 0 spiro atoms. The predicted octanol–water partition coefficient (Wildman–Crippen LogP) is 1.94. The second-order valence-electron chi connectivity index (χ2n) is 7.26. The predicted molar refractivity (Wildman–Crippen MR) is 119 cm³/mol. The molecule has 0 radical (unpaired) electrons. The number of nitrogens with one attached hydrogen (secondary N) is 2. The summed E-state index contributed by atoms with van der Waals surface area (Å²) in [6.07, 6.45) is 7.16. The molecule has 4 rings (SSSR count). The summed E-state index contributed by atoms with van der Waals surface area (Å²) in [7, 11) is 0. The van der Waals surface area contributed by atoms with Gasteiger partial charge in [-0.3, -0.25) is 4.90 Å². The standard InChI is InChI=1S/C21H25ClN8O/c22-18-2-4-19(5-3-18)30-16-17(15-27-30)14-26-21(31)25-8-9-28-10-12-29(13-11-28)20-23-6-1-7-24-20/h1-7,15-16H,8-14H2,(H2,25,26,31). The van der Waals surface area contributed by atoms with Crippen LogP contribution in [0.1, 0.15) is 5.56 Å². The van der Waals surface area contributed by atoms with Gasteiger partial charge in [0.25, 0.3) is 0 Å². The van der Waals surface area contributed by atoms with Gasteiger partial charge in [-0.25, -0.2) is 19.4 Å². The highest BCUT2D eigenvalue weighted by atomic mass is 35.5. The van der Waals surface area contributed by atoms with E-state index in [0.29, 0.717) is 18.1 Å². The molecule has 1 aliphatic rings. The monoisotopic (exact) mass is 440 g/mol. The maximum absolute atomic E-state index is 12.1. The Morgan fingerprint density at radius 1 is 1.03 bits per heavy atom. The summed E-state index contributed by atoms with van der Waals surface area (Å²) in [5, 5.41) is 10.8. The van der Waals surface area contributed by atoms with Crippen LogP contribution in [0.4, 0.5) is 10.7 Å². The van der Waals surface area contributed by atoms with E-state index in [1.54, 1.807) is 23.3 Å². The summed E-state index contributed by atoms with van der Waals surface area (Å²) >= 11 is 5.92. The molecule has 2 aromatic heterocycles. The van der Waals surface area contributed by atoms with E-state index in [1.807, 2.05) is 36.5 Å². The van der Waals surface area contributed by atoms with Gasteiger partial charge in [-0.05, 0) is 30.3 Å². The number of amides is 2. The number of aromatic nitrogens is 4. The van der Waals surface area contributed by atoms with Crippen LogP contribution in [-0.2, 0) is 6.54 Å². The Labute approximate surface area is 186 Å². The molecule has 162 valence electrons. The maximum atomic E-state index is 12.1. The second kappa shape index (κ2) is 10.2. The van der Waals surface area contributed by atoms with Gasteiger partial charge in [-0.1, -0.05) is 11.6 Å². The normalized spacial score (nSPS) is 14.4. The number of benzene rings is 1. The highest BCUT2D eigenvalue weighted by Crippen LogP contribution is 2.13. The van der Waals surface area contributed by atoms with Gasteiger partial charge in [0.1, 0.15) is 0 Å². The Morgan fingerprint density at radius 3 is 2.52 bits per heavy atom. The van der Waals surface area contributed by atoms with Gasteiger partial charge in [0.2, 0.25) is 5.95 Å². The SMILES string of the molecule is O=C(NCCN1CCN(c2ncccn2)CC1)NCc1cnn(-c2ccc(Cl)cc2)c1. The number of carbonyl (C=O) groups excluding carboxylic acids is 1. The fourth-order valence-electron chi connectivity index (χ4n) is 3.38. The first-order chi connectivity index (χ1) is 15.2. The van der Waals surface area contributed by atoms with E-state index < -0.39 is 0 Å². The highest BCUT2D eigenvalue weighted by Gasteiger charge is 2.18. The van der Waals surface area contributed by atoms with Gasteiger partial charge in [-0.15, -0.1) is 0 Å². The minimum Gasteiger partial charge on any atom is -0.338 e. The van der Waals surface area contributed by atoms with E-state index in [1.165, 1.54) is 0 Å². The number of hydrogen-bond acceptors (Lipinski definition) is 6. The van der Waals surface area contributed by atoms with Gasteiger partial charge in [0, 0.05) is 75.0 Å². The Kier molecular flexibility index (Phi) is 6.96. The number of nitrogens with zero attached hydrogens (tertiary/aromatic N) is 6. The summed E-state index contributed by atoms with van der Waals surface area (Å²) in [5.41, 5.74) is 1.84. The molecule has 31 heavy (non-hydrogen) atoms. The van der Waals surface area contributed by atoms with Crippen molar-refractivity contribution in [2.24, 2.45) is 0 Å². The first-order valence-corrected chi connectivity index (χ1v) is 10.6. The first kappa shape index (κ1) is 21.1. The van der Waals surface area contributed by atoms with E-state index in [4.69, 9.17) is 11.6 Å². The zero-order valence-corrected chi connectivity index (χ0v) is 17.9. The van der Waals surface area contributed by atoms with E-state index in [2.05, 4.69) is 35.5 Å². The number of anilines is 1. The van der Waals surface area contributed by atoms with Crippen molar-refractivity contribution in [3.05, 3.63) is 65.7 Å². The summed E-state index contributed by atoms with van der Waals surface area (Å²) in [6.45, 7) is 5.43. The van der Waals surface area contributed by atoms with Crippen molar-refractivity contribution < 1.29 is 4.79 Å². The lowest BCUT2D eigenvalue weighted by atomic mass is 10.3. The molecule has 0 bridgehead atoms. The molecule has 2 amide bonds. The van der Waals surface area contributed by atoms with E-state index in [0.717, 1.165) is 49.9 Å². The van der Waals surface area contributed by atoms with Crippen molar-refractivity contribution in [1.82, 2.24) is 35.3 Å². The molecule has 1 aliphatic heterocycles. The maximum Gasteiger partial charge on any atom is 0.315 e. The molecule has 10 heteroatoms. The Hall–Kier alpha value is -3.17. The lowest BCUT2D eigenvalue weighted by Crippen LogP contribution is -2.49. The van der Waals surface area contributed by atoms with Crippen molar-refractivity contribution in [2.75, 3.05) is 44.2 Å². The highest BCUT2D eigenvalue weighted by molar-refractivity contribution is 6.30. The van der Waals surface area contributed by atoms with Crippen LogP contribution in [0, 0.1) is 0 Å². The molecule has 3 aromatic rings. The average Bonchev–Trinajstić information content (AvgIpc) is 3.28. The number of rotatable bonds is 7. The zero-order chi connectivity index (χ0) is 21.5. The smallest absolute Gasteiger partial charge is 0.315 e. The summed E-state index contributed by atoms with van der Waals surface area (Å²) in [5.74, 6) is 0.777. The molecule has 0 saturated carbocycles. The van der Waals surface area contributed by atoms with Crippen LogP contribution in [0.15, 0.2) is 55.1 Å². The van der Waals surface area contributed by atoms with Crippen LogP contribution in [0.25, 0.3) is 5.69 Å². The number of piperazine rings is 1. The molecule has 1 fully saturated rings. The molecular formula is C21H25ClN8O. The number of hydrogen-bond donors (Lipinski definition) is 2. The van der Waals surface area contributed by atoms with Crippen LogP contribution >= 0.6 is 11.6 Å². The van der Waals surface area contributed by atoms with Crippen LogP contribution in [-0.4, -0.2) is 69.9 Å². The molecule has 1 saturated heterocycles. The van der Waals surface area contributed by atoms with Gasteiger partial charge >= 0.3 is 6.03 Å². The topological polar surface area (TPSA) is 91.2 Å². The largest absolute Gasteiger partial charge is 0.338 e. The van der Waals surface area contributed by atoms with E-state index in [9.17, 15) is 4.79 Å². The second-order valence-corrected chi connectivity index (χ2v) is 7.69. The molecule has 2 N–H and O–H groups in total. The molecule has 3 heterocycles. The van der Waals surface area contributed by atoms with Gasteiger partial charge in [0.05, 0.1) is 11.9 Å². The third-order valence-electron chi connectivity index (χ3n) is 5.10. The lowest BCUT2D eigenvalue weighted by Gasteiger charge is -2.34. The summed E-state index contributed by atoms with van der Waals surface area (Å²) < 4.78 is 1.76. The third-order valence-corrected chi connectivity index (χ3v) is 5.35. The van der Waals surface area contributed by atoms with Crippen LogP contribution < -0.4 is 15.5 Å². The first-order valence-electron chi connectivity index (χ1n) is 10.2. The molecule has 9 nitrogen and oxygen atoms in total. The van der Waals surface area contributed by atoms with Gasteiger partial charge in [-0.2, -0.15) is 5.10 Å². The van der Waals surface area contributed by atoms with Crippen LogP contribution in [0.3, 0.4) is 0 Å². The minimum absolute atomic E-state index is 0.185. The molecule has 1 aromatic carbocycles. The van der Waals surface area contributed by atoms with Crippen molar-refractivity contribution >= 4 is 23.6 Å². The van der Waals surface area contributed by atoms with Gasteiger partial charge < -0.3 is 15.5 Å². The lowest BCUT2D eigenvalue weighted by molar-refractivity contribution is 0.231. The minimum atomic E-state index is -0.185. The van der Waals surface area contributed by atoms with Crippen LogP contribution in [0.5, 0.6) is 0 Å². The average molecular weight is 441 g/mol. The summed E-state index contributed by atoms with van der Waals surface area (Å²) in [6, 6.07) is 9.06. The van der Waals surface area contributed by atoms with E-state index >= 15 is 0 Å². The Balaban J connectivity index is 1.13. The fraction of sp³-hybridized carbons (Fsp3) is 0.333. The Morgan fingerprint density at radius 2 is 1.77 bits per heavy atom. The van der Waals surface area contributed by atoms with Gasteiger partial charge in [0.15, 0.2) is 0 Å². The fourth-order valence-corrected chi connectivity index (χ4v) is 3.51. The molecule has 0 aliphatic carbocycles. The zero-order valence-electron chi connectivity index (χ0n) is 17.1. The van der Waals surface area contributed by atoms with E-state index in [-0.39, 0.29) is 6.03 Å². The van der Waals surface area contributed by atoms with Crippen molar-refractivity contribution in [1.29, 1.82) is 0 Å². The molecule has 0 atom stereocenters. The number of carbonyl (C=O) groups is 1. The molecule has 0 unspecified atom stereocenters. The molecular weight excluding hydrogens is 416 g/mol. The Bertz CT molecular complexity index is 971. The van der Waals surface area contributed by atoms with Crippen molar-refractivity contribution in [3.63, 3.8) is 0 Å². The number of urea groups is 1.